The van der Waals surface area contributed by atoms with Crippen molar-refractivity contribution < 1.29 is 14.6 Å². The Morgan fingerprint density at radius 2 is 1.95 bits per heavy atom. The summed E-state index contributed by atoms with van der Waals surface area (Å²) in [7, 11) is 0. The van der Waals surface area contributed by atoms with E-state index in [0.717, 1.165) is 50.0 Å². The van der Waals surface area contributed by atoms with E-state index in [2.05, 4.69) is 9.80 Å². The fraction of sp³-hybridized carbons (Fsp3) is 0.552. The molecule has 0 amide bonds. The van der Waals surface area contributed by atoms with Gasteiger partial charge in [0, 0.05) is 54.5 Å². The molecule has 0 radical (unpaired) electrons. The zero-order valence-electron chi connectivity index (χ0n) is 22.8. The lowest BCUT2D eigenvalue weighted by molar-refractivity contribution is -0.111. The predicted molar refractivity (Wildman–Crippen MR) is 150 cm³/mol. The number of Topliss-reactive ketones (excluding diaryl/α,β-unsaturated/α-hetero) is 1. The number of carbonyl (C=O) groups excluding carboxylic acids is 1. The van der Waals surface area contributed by atoms with E-state index in [9.17, 15) is 9.90 Å². The molecular weight excluding hydrogens is 502 g/mol. The lowest BCUT2D eigenvalue weighted by Gasteiger charge is -2.61. The van der Waals surface area contributed by atoms with Crippen LogP contribution < -0.4 is 15.4 Å². The molecule has 38 heavy (non-hydrogen) atoms. The molecule has 1 aromatic heterocycles. The van der Waals surface area contributed by atoms with Crippen LogP contribution in [0.25, 0.3) is 17.0 Å². The first-order valence-corrected chi connectivity index (χ1v) is 13.9. The molecule has 1 saturated carbocycles. The summed E-state index contributed by atoms with van der Waals surface area (Å²) in [5, 5.41) is 10.6. The average molecular weight is 540 g/mol. The van der Waals surface area contributed by atoms with Gasteiger partial charge in [-0.1, -0.05) is 24.9 Å². The van der Waals surface area contributed by atoms with Crippen LogP contribution in [0.4, 0.5) is 5.82 Å². The van der Waals surface area contributed by atoms with Crippen molar-refractivity contribution in [2.45, 2.75) is 65.5 Å². The van der Waals surface area contributed by atoms with Crippen LogP contribution in [0.1, 0.15) is 57.7 Å². The first-order chi connectivity index (χ1) is 18.1. The molecule has 3 fully saturated rings. The maximum Gasteiger partial charge on any atom is 0.163 e. The molecule has 8 nitrogen and oxygen atoms in total. The van der Waals surface area contributed by atoms with Gasteiger partial charge in [0.25, 0.3) is 0 Å². The van der Waals surface area contributed by atoms with Crippen LogP contribution >= 0.6 is 11.6 Å². The molecular formula is C29H38ClN5O3. The Labute approximate surface area is 229 Å². The highest BCUT2D eigenvalue weighted by molar-refractivity contribution is 6.33. The van der Waals surface area contributed by atoms with Crippen LogP contribution in [0.2, 0.25) is 5.02 Å². The second-order valence-corrected chi connectivity index (χ2v) is 11.8. The monoisotopic (exact) mass is 539 g/mol. The number of nitrogens with zero attached hydrogens (tertiary/aromatic N) is 4. The van der Waals surface area contributed by atoms with Crippen LogP contribution in [0.5, 0.6) is 5.75 Å². The molecule has 3 heterocycles. The zero-order valence-corrected chi connectivity index (χ0v) is 23.5. The third-order valence-corrected chi connectivity index (χ3v) is 8.17. The highest BCUT2D eigenvalue weighted by atomic mass is 35.5. The molecule has 5 rings (SSSR count). The van der Waals surface area contributed by atoms with E-state index >= 15 is 0 Å². The number of hydrogen-bond acceptors (Lipinski definition) is 8. The highest BCUT2D eigenvalue weighted by Gasteiger charge is 2.55. The number of benzene rings is 1. The summed E-state index contributed by atoms with van der Waals surface area (Å²) < 4.78 is 5.85. The maximum absolute atomic E-state index is 12.7. The summed E-state index contributed by atoms with van der Waals surface area (Å²) in [5.74, 6) is 1.65. The van der Waals surface area contributed by atoms with Gasteiger partial charge in [0.2, 0.25) is 0 Å². The Kier molecular flexibility index (Phi) is 7.42. The van der Waals surface area contributed by atoms with E-state index in [0.29, 0.717) is 51.0 Å². The van der Waals surface area contributed by atoms with Crippen molar-refractivity contribution >= 4 is 28.8 Å². The lowest BCUT2D eigenvalue weighted by atomic mass is 9.72. The minimum atomic E-state index is -0.537. The zero-order chi connectivity index (χ0) is 27.2. The second-order valence-electron chi connectivity index (χ2n) is 11.3. The second kappa shape index (κ2) is 10.5. The number of ketones is 1. The molecule has 1 aliphatic carbocycles. The molecule has 3 aliphatic rings. The normalized spacial score (nSPS) is 20.0. The number of allylic oxidation sites excluding steroid dienone is 2. The van der Waals surface area contributed by atoms with Crippen molar-refractivity contribution in [3.63, 3.8) is 0 Å². The fourth-order valence-corrected chi connectivity index (χ4v) is 6.01. The number of rotatable bonds is 10. The number of likely N-dealkylation sites (tertiary alicyclic amines) is 1. The number of nitrogens with two attached hydrogens (primary N) is 1. The fourth-order valence-electron chi connectivity index (χ4n) is 5.81. The molecule has 0 bridgehead atoms. The first-order valence-electron chi connectivity index (χ1n) is 13.6. The Morgan fingerprint density at radius 1 is 1.24 bits per heavy atom. The van der Waals surface area contributed by atoms with Gasteiger partial charge in [-0.2, -0.15) is 0 Å². The topological polar surface area (TPSA) is 105 Å². The Balaban J connectivity index is 1.49. The quantitative estimate of drug-likeness (QED) is 0.433. The number of ether oxygens (including phenoxy) is 1. The molecule has 2 aliphatic heterocycles. The Morgan fingerprint density at radius 3 is 2.55 bits per heavy atom. The van der Waals surface area contributed by atoms with Gasteiger partial charge in [-0.25, -0.2) is 9.97 Å². The Hall–Kier alpha value is -2.68. The van der Waals surface area contributed by atoms with Crippen molar-refractivity contribution in [2.24, 2.45) is 11.1 Å². The molecule has 204 valence electrons. The van der Waals surface area contributed by atoms with Gasteiger partial charge in [0.05, 0.1) is 22.4 Å². The summed E-state index contributed by atoms with van der Waals surface area (Å²) in [6.45, 7) is 11.6. The standard InChI is InChI=1S/C29H38ClN5O3/c1-5-6-21(37)12-38-22-9-10-24(30)23(11-22)27-32-26(25(18(3)31)19(4)36)17(2)28(33-27)35-15-29(16-35)13-34(14-29)20-7-8-20/h9-11,20-21,37H,5-8,12-16,31H2,1-4H3/t21-/m1/s1. The Bertz CT molecular complexity index is 1260. The van der Waals surface area contributed by atoms with Gasteiger partial charge in [0.15, 0.2) is 11.6 Å². The summed E-state index contributed by atoms with van der Waals surface area (Å²) in [6, 6.07) is 6.11. The number of anilines is 1. The number of aliphatic hydroxyl groups is 1. The van der Waals surface area contributed by atoms with Crippen LogP contribution in [0, 0.1) is 12.3 Å². The van der Waals surface area contributed by atoms with Crippen LogP contribution in [-0.2, 0) is 4.79 Å². The number of aliphatic hydroxyl groups excluding tert-OH is 1. The van der Waals surface area contributed by atoms with Crippen molar-refractivity contribution in [1.82, 2.24) is 14.9 Å². The van der Waals surface area contributed by atoms with Crippen molar-refractivity contribution in [2.75, 3.05) is 37.7 Å². The van der Waals surface area contributed by atoms with Crippen molar-refractivity contribution in [1.29, 1.82) is 0 Å². The van der Waals surface area contributed by atoms with E-state index in [1.807, 2.05) is 13.8 Å². The van der Waals surface area contributed by atoms with E-state index in [4.69, 9.17) is 32.0 Å². The van der Waals surface area contributed by atoms with Crippen molar-refractivity contribution in [3.8, 4) is 17.1 Å². The van der Waals surface area contributed by atoms with Crippen LogP contribution in [-0.4, -0.2) is 70.7 Å². The molecule has 3 N–H and O–H groups in total. The molecule has 1 atom stereocenters. The van der Waals surface area contributed by atoms with E-state index < -0.39 is 6.10 Å². The molecule has 0 unspecified atom stereocenters. The summed E-state index contributed by atoms with van der Waals surface area (Å²) in [6.07, 6.45) is 3.67. The van der Waals surface area contributed by atoms with Crippen LogP contribution in [0.3, 0.4) is 0 Å². The number of halogens is 1. The van der Waals surface area contributed by atoms with Gasteiger partial charge in [0.1, 0.15) is 18.2 Å². The average Bonchev–Trinajstić information content (AvgIpc) is 3.64. The van der Waals surface area contributed by atoms with Crippen molar-refractivity contribution in [3.05, 3.63) is 40.2 Å². The SMILES string of the molecule is CCC[C@@H](O)COc1ccc(Cl)c(-c2nc(C(C(C)=O)=C(C)N)c(C)c(N3CC4(C3)CN(C3CC3)C4)n2)c1. The third kappa shape index (κ3) is 5.26. The smallest absolute Gasteiger partial charge is 0.163 e. The lowest BCUT2D eigenvalue weighted by Crippen LogP contribution is -2.72. The van der Waals surface area contributed by atoms with E-state index in [1.165, 1.54) is 19.8 Å². The van der Waals surface area contributed by atoms with Gasteiger partial charge in [-0.3, -0.25) is 9.69 Å². The summed E-state index contributed by atoms with van der Waals surface area (Å²) in [5.41, 5.74) is 9.30. The minimum Gasteiger partial charge on any atom is -0.491 e. The van der Waals surface area contributed by atoms with Gasteiger partial charge < -0.3 is 20.5 Å². The minimum absolute atomic E-state index is 0.143. The largest absolute Gasteiger partial charge is 0.491 e. The number of carbonyl (C=O) groups is 1. The van der Waals surface area contributed by atoms with Crippen LogP contribution in [0.15, 0.2) is 23.9 Å². The highest BCUT2D eigenvalue weighted by Crippen LogP contribution is 2.47. The summed E-state index contributed by atoms with van der Waals surface area (Å²) >= 11 is 6.64. The molecule has 1 aromatic carbocycles. The molecule has 9 heteroatoms. The van der Waals surface area contributed by atoms with E-state index in [1.54, 1.807) is 25.1 Å². The molecule has 2 saturated heterocycles. The maximum atomic E-state index is 12.7. The number of aromatic nitrogens is 2. The van der Waals surface area contributed by atoms with Gasteiger partial charge >= 0.3 is 0 Å². The first kappa shape index (κ1) is 26.9. The predicted octanol–water partition coefficient (Wildman–Crippen LogP) is 4.21. The summed E-state index contributed by atoms with van der Waals surface area (Å²) in [4.78, 5) is 27.3. The van der Waals surface area contributed by atoms with Gasteiger partial charge in [-0.15, -0.1) is 0 Å². The van der Waals surface area contributed by atoms with Gasteiger partial charge in [-0.05, 0) is 58.2 Å². The van der Waals surface area contributed by atoms with E-state index in [-0.39, 0.29) is 12.4 Å². The molecule has 2 aromatic rings. The molecule has 1 spiro atoms. The third-order valence-electron chi connectivity index (χ3n) is 7.84. The number of hydrogen-bond donors (Lipinski definition) is 2.